The van der Waals surface area contributed by atoms with Crippen LogP contribution in [0.2, 0.25) is 10.0 Å². The van der Waals surface area contributed by atoms with Crippen molar-refractivity contribution in [3.63, 3.8) is 0 Å². The molecule has 0 fully saturated rings. The van der Waals surface area contributed by atoms with Crippen LogP contribution in [0.25, 0.3) is 11.3 Å². The van der Waals surface area contributed by atoms with Gasteiger partial charge in [0, 0.05) is 10.6 Å². The molecule has 0 aliphatic carbocycles. The zero-order valence-corrected chi connectivity index (χ0v) is 10.5. The number of hydrogen-bond acceptors (Lipinski definition) is 3. The number of halogens is 2. The number of nitrogens with zero attached hydrogens (tertiary/aromatic N) is 1. The number of nitrogen functional groups attached to an aromatic ring is 1. The van der Waals surface area contributed by atoms with Crippen molar-refractivity contribution in [1.82, 2.24) is 4.98 Å². The quantitative estimate of drug-likeness (QED) is 0.886. The smallest absolute Gasteiger partial charge is 0.356 e. The van der Waals surface area contributed by atoms with Gasteiger partial charge in [0.2, 0.25) is 0 Å². The highest BCUT2D eigenvalue weighted by Crippen LogP contribution is 2.29. The van der Waals surface area contributed by atoms with Crippen molar-refractivity contribution in [2.45, 2.75) is 0 Å². The average Bonchev–Trinajstić information content (AvgIpc) is 2.32. The first-order chi connectivity index (χ1) is 8.49. The molecule has 1 aromatic carbocycles. The van der Waals surface area contributed by atoms with Gasteiger partial charge in [-0.15, -0.1) is 0 Å². The number of pyridine rings is 1. The Morgan fingerprint density at radius 2 is 2.00 bits per heavy atom. The molecule has 2 aromatic rings. The molecule has 0 unspecified atom stereocenters. The van der Waals surface area contributed by atoms with Gasteiger partial charge in [0.15, 0.2) is 5.69 Å². The molecule has 0 spiro atoms. The lowest BCUT2D eigenvalue weighted by Gasteiger charge is -2.07. The predicted molar refractivity (Wildman–Crippen MR) is 71.1 cm³/mol. The highest BCUT2D eigenvalue weighted by atomic mass is 35.5. The molecule has 0 saturated carbocycles. The van der Waals surface area contributed by atoms with Crippen molar-refractivity contribution in [1.29, 1.82) is 0 Å². The zero-order valence-electron chi connectivity index (χ0n) is 9.02. The van der Waals surface area contributed by atoms with E-state index in [4.69, 9.17) is 34.0 Å². The first-order valence-electron chi connectivity index (χ1n) is 4.94. The number of carboxylic acids is 1. The molecule has 4 nitrogen and oxygen atoms in total. The fourth-order valence-corrected chi connectivity index (χ4v) is 1.85. The molecule has 6 heteroatoms. The third kappa shape index (κ3) is 2.39. The summed E-state index contributed by atoms with van der Waals surface area (Å²) >= 11 is 11.7. The minimum atomic E-state index is -1.23. The van der Waals surface area contributed by atoms with Crippen LogP contribution in [-0.4, -0.2) is 16.1 Å². The van der Waals surface area contributed by atoms with Crippen molar-refractivity contribution < 1.29 is 9.90 Å². The Morgan fingerprint density at radius 1 is 1.28 bits per heavy atom. The van der Waals surface area contributed by atoms with Crippen molar-refractivity contribution in [2.24, 2.45) is 0 Å². The van der Waals surface area contributed by atoms with Crippen molar-refractivity contribution in [3.8, 4) is 11.3 Å². The van der Waals surface area contributed by atoms with E-state index in [0.717, 1.165) is 0 Å². The molecule has 0 amide bonds. The van der Waals surface area contributed by atoms with Crippen LogP contribution in [0.3, 0.4) is 0 Å². The third-order valence-corrected chi connectivity index (χ3v) is 2.94. The van der Waals surface area contributed by atoms with E-state index in [1.807, 2.05) is 0 Å². The average molecular weight is 283 g/mol. The minimum Gasteiger partial charge on any atom is -0.476 e. The van der Waals surface area contributed by atoms with Crippen LogP contribution in [0.1, 0.15) is 10.5 Å². The third-order valence-electron chi connectivity index (χ3n) is 2.31. The first-order valence-corrected chi connectivity index (χ1v) is 5.70. The van der Waals surface area contributed by atoms with Gasteiger partial charge in [0.05, 0.1) is 16.4 Å². The molecule has 0 saturated heterocycles. The lowest BCUT2D eigenvalue weighted by Crippen LogP contribution is -2.05. The SMILES string of the molecule is Nc1cc(-c2cccc(Cl)c2)nc(C(=O)O)c1Cl. The normalized spacial score (nSPS) is 10.3. The van der Waals surface area contributed by atoms with E-state index in [0.29, 0.717) is 16.3 Å². The maximum atomic E-state index is 11.0. The molecule has 0 bridgehead atoms. The molecule has 92 valence electrons. The summed E-state index contributed by atoms with van der Waals surface area (Å²) in [4.78, 5) is 15.0. The maximum absolute atomic E-state index is 11.0. The molecular weight excluding hydrogens is 275 g/mol. The van der Waals surface area contributed by atoms with Crippen LogP contribution in [-0.2, 0) is 0 Å². The molecule has 1 heterocycles. The van der Waals surface area contributed by atoms with Gasteiger partial charge in [-0.25, -0.2) is 9.78 Å². The second kappa shape index (κ2) is 4.84. The molecule has 0 aliphatic heterocycles. The number of carboxylic acid groups (broad SMARTS) is 1. The van der Waals surface area contributed by atoms with E-state index in [2.05, 4.69) is 4.98 Å². The summed E-state index contributed by atoms with van der Waals surface area (Å²) in [5.74, 6) is -1.23. The summed E-state index contributed by atoms with van der Waals surface area (Å²) in [6, 6.07) is 8.39. The fraction of sp³-hybridized carbons (Fsp3) is 0. The number of benzene rings is 1. The Hall–Kier alpha value is -1.78. The first kappa shape index (κ1) is 12.7. The second-order valence-corrected chi connectivity index (χ2v) is 4.39. The molecule has 2 rings (SSSR count). The predicted octanol–water partition coefficient (Wildman–Crippen LogP) is 3.34. The topological polar surface area (TPSA) is 76.2 Å². The van der Waals surface area contributed by atoms with Gasteiger partial charge in [-0.1, -0.05) is 35.3 Å². The Bertz CT molecular complexity index is 629. The van der Waals surface area contributed by atoms with Gasteiger partial charge in [-0.2, -0.15) is 0 Å². The minimum absolute atomic E-state index is 0.0618. The van der Waals surface area contributed by atoms with Gasteiger partial charge >= 0.3 is 5.97 Å². The summed E-state index contributed by atoms with van der Waals surface area (Å²) in [5, 5.41) is 9.45. The number of aromatic nitrogens is 1. The van der Waals surface area contributed by atoms with Gasteiger partial charge in [-0.3, -0.25) is 0 Å². The lowest BCUT2D eigenvalue weighted by atomic mass is 10.1. The molecule has 3 N–H and O–H groups in total. The largest absolute Gasteiger partial charge is 0.476 e. The number of aromatic carboxylic acids is 1. The molecule has 18 heavy (non-hydrogen) atoms. The maximum Gasteiger partial charge on any atom is 0.356 e. The molecule has 0 atom stereocenters. The van der Waals surface area contributed by atoms with E-state index in [-0.39, 0.29) is 16.4 Å². The molecule has 0 radical (unpaired) electrons. The highest BCUT2D eigenvalue weighted by Gasteiger charge is 2.15. The van der Waals surface area contributed by atoms with Crippen LogP contribution < -0.4 is 5.73 Å². The van der Waals surface area contributed by atoms with E-state index in [9.17, 15) is 4.79 Å². The van der Waals surface area contributed by atoms with Crippen LogP contribution in [0, 0.1) is 0 Å². The van der Waals surface area contributed by atoms with E-state index in [1.165, 1.54) is 6.07 Å². The van der Waals surface area contributed by atoms with Crippen LogP contribution >= 0.6 is 23.2 Å². The Morgan fingerprint density at radius 3 is 2.61 bits per heavy atom. The number of hydrogen-bond donors (Lipinski definition) is 2. The van der Waals surface area contributed by atoms with E-state index >= 15 is 0 Å². The summed E-state index contributed by atoms with van der Waals surface area (Å²) in [6.07, 6.45) is 0. The standard InChI is InChI=1S/C12H8Cl2N2O2/c13-7-3-1-2-6(4-7)9-5-8(15)10(14)11(16-9)12(17)18/h1-5H,(H2,15,16)(H,17,18). The van der Waals surface area contributed by atoms with Crippen molar-refractivity contribution >= 4 is 34.9 Å². The van der Waals surface area contributed by atoms with Crippen LogP contribution in [0.5, 0.6) is 0 Å². The Balaban J connectivity index is 2.63. The summed E-state index contributed by atoms with van der Waals surface area (Å²) < 4.78 is 0. The Kier molecular flexibility index (Phi) is 3.41. The zero-order chi connectivity index (χ0) is 13.3. The van der Waals surface area contributed by atoms with Crippen LogP contribution in [0.15, 0.2) is 30.3 Å². The second-order valence-electron chi connectivity index (χ2n) is 3.57. The van der Waals surface area contributed by atoms with Gasteiger partial charge in [0.1, 0.15) is 0 Å². The summed E-state index contributed by atoms with van der Waals surface area (Å²) in [5.41, 5.74) is 6.65. The molecular formula is C12H8Cl2N2O2. The fourth-order valence-electron chi connectivity index (χ4n) is 1.49. The monoisotopic (exact) mass is 282 g/mol. The number of rotatable bonds is 2. The number of nitrogens with two attached hydrogens (primary N) is 1. The van der Waals surface area contributed by atoms with Gasteiger partial charge in [0.25, 0.3) is 0 Å². The van der Waals surface area contributed by atoms with Crippen molar-refractivity contribution in [3.05, 3.63) is 46.1 Å². The highest BCUT2D eigenvalue weighted by molar-refractivity contribution is 6.35. The van der Waals surface area contributed by atoms with Gasteiger partial charge < -0.3 is 10.8 Å². The summed E-state index contributed by atoms with van der Waals surface area (Å²) in [6.45, 7) is 0. The van der Waals surface area contributed by atoms with E-state index in [1.54, 1.807) is 24.3 Å². The van der Waals surface area contributed by atoms with Gasteiger partial charge in [-0.05, 0) is 18.2 Å². The Labute approximate surface area is 113 Å². The molecule has 0 aliphatic rings. The number of anilines is 1. The van der Waals surface area contributed by atoms with Crippen molar-refractivity contribution in [2.75, 3.05) is 5.73 Å². The lowest BCUT2D eigenvalue weighted by molar-refractivity contribution is 0.0691. The number of carbonyl (C=O) groups is 1. The van der Waals surface area contributed by atoms with E-state index < -0.39 is 5.97 Å². The summed E-state index contributed by atoms with van der Waals surface area (Å²) in [7, 11) is 0. The molecule has 1 aromatic heterocycles. The van der Waals surface area contributed by atoms with Crippen LogP contribution in [0.4, 0.5) is 5.69 Å².